The largest absolute Gasteiger partial charge is 0.383 e. The van der Waals surface area contributed by atoms with Crippen molar-refractivity contribution < 1.29 is 9.53 Å². The molecule has 1 N–H and O–H groups in total. The molecule has 6 nitrogen and oxygen atoms in total. The Kier molecular flexibility index (Phi) is 6.61. The molecule has 0 spiro atoms. The lowest BCUT2D eigenvalue weighted by Gasteiger charge is -2.25. The Morgan fingerprint density at radius 1 is 1.52 bits per heavy atom. The van der Waals surface area contributed by atoms with Gasteiger partial charge in [-0.1, -0.05) is 13.0 Å². The van der Waals surface area contributed by atoms with Crippen LogP contribution < -0.4 is 5.32 Å². The molecule has 2 aromatic rings. The molecule has 0 saturated heterocycles. The second-order valence-electron chi connectivity index (χ2n) is 5.28. The Morgan fingerprint density at radius 3 is 2.91 bits per heavy atom. The molecule has 0 fully saturated rings. The van der Waals surface area contributed by atoms with E-state index in [9.17, 15) is 4.79 Å². The van der Waals surface area contributed by atoms with Gasteiger partial charge in [0.15, 0.2) is 0 Å². The van der Waals surface area contributed by atoms with Crippen molar-refractivity contribution in [3.63, 3.8) is 0 Å². The first-order valence-corrected chi connectivity index (χ1v) is 8.58. The molecule has 0 aromatic carbocycles. The van der Waals surface area contributed by atoms with Crippen molar-refractivity contribution in [2.45, 2.75) is 25.9 Å². The third-order valence-corrected chi connectivity index (χ3v) is 4.56. The molecular formula is C16H24N4O2S. The molecule has 1 atom stereocenters. The van der Waals surface area contributed by atoms with Crippen LogP contribution in [0.5, 0.6) is 0 Å². The molecule has 2 rings (SSSR count). The number of nitrogens with zero attached hydrogens (tertiary/aromatic N) is 3. The first-order valence-electron chi connectivity index (χ1n) is 7.70. The monoisotopic (exact) mass is 336 g/mol. The minimum atomic E-state index is -0.0801. The third-order valence-electron chi connectivity index (χ3n) is 3.70. The van der Waals surface area contributed by atoms with Crippen LogP contribution in [-0.4, -0.2) is 41.0 Å². The molecule has 0 aliphatic rings. The van der Waals surface area contributed by atoms with Crippen molar-refractivity contribution in [1.29, 1.82) is 0 Å². The van der Waals surface area contributed by atoms with Gasteiger partial charge in [-0.3, -0.25) is 4.68 Å². The molecule has 0 saturated carbocycles. The summed E-state index contributed by atoms with van der Waals surface area (Å²) in [5.74, 6) is 0. The lowest BCUT2D eigenvalue weighted by atomic mass is 10.1. The number of methoxy groups -OCH3 is 1. The molecule has 2 aromatic heterocycles. The lowest BCUT2D eigenvalue weighted by molar-refractivity contribution is 0.144. The van der Waals surface area contributed by atoms with Crippen molar-refractivity contribution in [3.05, 3.63) is 40.3 Å². The van der Waals surface area contributed by atoms with Gasteiger partial charge in [0.2, 0.25) is 0 Å². The number of aryl methyl sites for hydroxylation is 1. The number of carbonyl (C=O) groups is 1. The third kappa shape index (κ3) is 4.80. The molecule has 126 valence electrons. The standard InChI is InChI=1S/C16H24N4O2S/c1-4-14(15-7-8-17-19(15)2)18-16(21)20(9-10-22-3)12-13-6-5-11-23-13/h5-8,11,14H,4,9-10,12H2,1-3H3,(H,18,21)/t14-/m0/s1. The maximum absolute atomic E-state index is 12.7. The zero-order valence-electron chi connectivity index (χ0n) is 13.9. The van der Waals surface area contributed by atoms with E-state index in [4.69, 9.17) is 4.74 Å². The lowest BCUT2D eigenvalue weighted by Crippen LogP contribution is -2.42. The highest BCUT2D eigenvalue weighted by molar-refractivity contribution is 7.09. The number of hydrogen-bond donors (Lipinski definition) is 1. The van der Waals surface area contributed by atoms with E-state index >= 15 is 0 Å². The van der Waals surface area contributed by atoms with Crippen LogP contribution in [0.3, 0.4) is 0 Å². The zero-order valence-corrected chi connectivity index (χ0v) is 14.7. The molecule has 2 heterocycles. The quantitative estimate of drug-likeness (QED) is 0.806. The summed E-state index contributed by atoms with van der Waals surface area (Å²) in [6, 6.07) is 5.84. The molecule has 0 aliphatic carbocycles. The first kappa shape index (κ1) is 17.5. The summed E-state index contributed by atoms with van der Waals surface area (Å²) in [6.07, 6.45) is 2.56. The molecular weight excluding hydrogens is 312 g/mol. The van der Waals surface area contributed by atoms with Gasteiger partial charge in [0.1, 0.15) is 0 Å². The van der Waals surface area contributed by atoms with Crippen LogP contribution in [0.1, 0.15) is 30.0 Å². The van der Waals surface area contributed by atoms with Gasteiger partial charge in [0, 0.05) is 31.8 Å². The Morgan fingerprint density at radius 2 is 2.35 bits per heavy atom. The highest BCUT2D eigenvalue weighted by atomic mass is 32.1. The highest BCUT2D eigenvalue weighted by Crippen LogP contribution is 2.17. The summed E-state index contributed by atoms with van der Waals surface area (Å²) in [5, 5.41) is 9.31. The van der Waals surface area contributed by atoms with Gasteiger partial charge < -0.3 is 15.0 Å². The Hall–Kier alpha value is -1.86. The fraction of sp³-hybridized carbons (Fsp3) is 0.500. The Balaban J connectivity index is 2.04. The van der Waals surface area contributed by atoms with Gasteiger partial charge in [-0.15, -0.1) is 11.3 Å². The summed E-state index contributed by atoms with van der Waals surface area (Å²) in [6.45, 7) is 3.72. The fourth-order valence-electron chi connectivity index (χ4n) is 2.40. The van der Waals surface area contributed by atoms with E-state index in [0.717, 1.165) is 17.0 Å². The van der Waals surface area contributed by atoms with E-state index in [-0.39, 0.29) is 12.1 Å². The number of hydrogen-bond acceptors (Lipinski definition) is 4. The maximum Gasteiger partial charge on any atom is 0.318 e. The summed E-state index contributed by atoms with van der Waals surface area (Å²) in [7, 11) is 3.53. The Bertz CT molecular complexity index is 597. The number of nitrogens with one attached hydrogen (secondary N) is 1. The Labute approximate surface area is 141 Å². The second-order valence-corrected chi connectivity index (χ2v) is 6.32. The number of carbonyl (C=O) groups excluding carboxylic acids is 1. The van der Waals surface area contributed by atoms with Crippen molar-refractivity contribution >= 4 is 17.4 Å². The number of amides is 2. The average molecular weight is 336 g/mol. The van der Waals surface area contributed by atoms with Crippen LogP contribution in [0, 0.1) is 0 Å². The molecule has 0 bridgehead atoms. The van der Waals surface area contributed by atoms with Gasteiger partial charge in [-0.2, -0.15) is 5.10 Å². The molecule has 7 heteroatoms. The smallest absolute Gasteiger partial charge is 0.318 e. The van der Waals surface area contributed by atoms with Crippen molar-refractivity contribution in [2.24, 2.45) is 7.05 Å². The number of aromatic nitrogens is 2. The van der Waals surface area contributed by atoms with Crippen molar-refractivity contribution in [3.8, 4) is 0 Å². The van der Waals surface area contributed by atoms with E-state index in [1.54, 1.807) is 34.2 Å². The summed E-state index contributed by atoms with van der Waals surface area (Å²) < 4.78 is 6.93. The maximum atomic E-state index is 12.7. The van der Waals surface area contributed by atoms with Crippen LogP contribution in [0.15, 0.2) is 29.8 Å². The average Bonchev–Trinajstić information content (AvgIpc) is 3.20. The van der Waals surface area contributed by atoms with Gasteiger partial charge in [0.25, 0.3) is 0 Å². The van der Waals surface area contributed by atoms with Gasteiger partial charge in [-0.25, -0.2) is 4.79 Å². The summed E-state index contributed by atoms with van der Waals surface area (Å²) >= 11 is 1.65. The van der Waals surface area contributed by atoms with Crippen molar-refractivity contribution in [2.75, 3.05) is 20.3 Å². The summed E-state index contributed by atoms with van der Waals surface area (Å²) in [5.41, 5.74) is 1.00. The van der Waals surface area contributed by atoms with Crippen molar-refractivity contribution in [1.82, 2.24) is 20.0 Å². The van der Waals surface area contributed by atoms with Crippen LogP contribution in [0.4, 0.5) is 4.79 Å². The van der Waals surface area contributed by atoms with Crippen LogP contribution in [0.2, 0.25) is 0 Å². The zero-order chi connectivity index (χ0) is 16.7. The number of ether oxygens (including phenoxy) is 1. The molecule has 0 radical (unpaired) electrons. The van der Waals surface area contributed by atoms with Crippen LogP contribution in [-0.2, 0) is 18.3 Å². The normalized spacial score (nSPS) is 12.1. The molecule has 23 heavy (non-hydrogen) atoms. The van der Waals surface area contributed by atoms with Crippen LogP contribution in [0.25, 0.3) is 0 Å². The van der Waals surface area contributed by atoms with E-state index in [2.05, 4.69) is 17.3 Å². The minimum absolute atomic E-state index is 0.0524. The highest BCUT2D eigenvalue weighted by Gasteiger charge is 2.20. The molecule has 0 unspecified atom stereocenters. The number of urea groups is 1. The van der Waals surface area contributed by atoms with Gasteiger partial charge in [-0.05, 0) is 23.9 Å². The van der Waals surface area contributed by atoms with E-state index < -0.39 is 0 Å². The van der Waals surface area contributed by atoms with E-state index in [0.29, 0.717) is 19.7 Å². The van der Waals surface area contributed by atoms with E-state index in [1.165, 1.54) is 0 Å². The predicted octanol–water partition coefficient (Wildman–Crippen LogP) is 2.79. The summed E-state index contributed by atoms with van der Waals surface area (Å²) in [4.78, 5) is 15.6. The van der Waals surface area contributed by atoms with Crippen LogP contribution >= 0.6 is 11.3 Å². The number of rotatable bonds is 8. The predicted molar refractivity (Wildman–Crippen MR) is 91.4 cm³/mol. The number of thiophene rings is 1. The van der Waals surface area contributed by atoms with E-state index in [1.807, 2.05) is 30.6 Å². The second kappa shape index (κ2) is 8.69. The molecule has 2 amide bonds. The minimum Gasteiger partial charge on any atom is -0.383 e. The SMILES string of the molecule is CC[C@H](NC(=O)N(CCOC)Cc1cccs1)c1ccnn1C. The molecule has 0 aliphatic heterocycles. The fourth-order valence-corrected chi connectivity index (χ4v) is 3.12. The topological polar surface area (TPSA) is 59.4 Å². The van der Waals surface area contributed by atoms with Gasteiger partial charge >= 0.3 is 6.03 Å². The first-order chi connectivity index (χ1) is 11.2. The van der Waals surface area contributed by atoms with Gasteiger partial charge in [0.05, 0.1) is 24.9 Å².